The van der Waals surface area contributed by atoms with Crippen LogP contribution < -0.4 is 0 Å². The summed E-state index contributed by atoms with van der Waals surface area (Å²) in [5.41, 5.74) is 1.62. The van der Waals surface area contributed by atoms with Crippen molar-refractivity contribution in [2.45, 2.75) is 23.6 Å². The van der Waals surface area contributed by atoms with Crippen molar-refractivity contribution >= 4 is 20.2 Å². The van der Waals surface area contributed by atoms with Gasteiger partial charge < -0.3 is 4.74 Å². The Morgan fingerprint density at radius 3 is 1.37 bits per heavy atom. The molecular weight excluding hydrogens is 392 g/mol. The molecule has 2 rings (SSSR count). The molecule has 0 radical (unpaired) electrons. The summed E-state index contributed by atoms with van der Waals surface area (Å²) in [5, 5.41) is 0. The number of rotatable bonds is 10. The second kappa shape index (κ2) is 9.43. The number of aryl methyl sites for hydroxylation is 2. The zero-order chi connectivity index (χ0) is 23.5. The van der Waals surface area contributed by atoms with Crippen molar-refractivity contribution in [2.75, 3.05) is 26.3 Å². The third kappa shape index (κ3) is 6.71. The van der Waals surface area contributed by atoms with Crippen molar-refractivity contribution in [3.05, 3.63) is 59.7 Å². The molecular formula is C18H22O7S2. The normalized spacial score (nSPS) is 15.5. The van der Waals surface area contributed by atoms with Crippen LogP contribution in [0.25, 0.3) is 0 Å². The van der Waals surface area contributed by atoms with Gasteiger partial charge in [0.05, 0.1) is 41.6 Å². The molecule has 0 unspecified atom stereocenters. The molecule has 2 aromatic carbocycles. The molecule has 0 bridgehead atoms. The number of hydrogen-bond acceptors (Lipinski definition) is 7. The van der Waals surface area contributed by atoms with Crippen molar-refractivity contribution < 1.29 is 35.4 Å². The molecule has 0 N–H and O–H groups in total. The summed E-state index contributed by atoms with van der Waals surface area (Å²) in [7, 11) is -8.62. The van der Waals surface area contributed by atoms with Crippen LogP contribution in [0.3, 0.4) is 0 Å². The van der Waals surface area contributed by atoms with E-state index in [1.807, 2.05) is 0 Å². The molecule has 0 atom stereocenters. The summed E-state index contributed by atoms with van der Waals surface area (Å²) in [5.74, 6) is 0. The van der Waals surface area contributed by atoms with Crippen molar-refractivity contribution in [2.24, 2.45) is 0 Å². The van der Waals surface area contributed by atoms with Crippen molar-refractivity contribution in [3.8, 4) is 0 Å². The molecule has 9 heteroatoms. The predicted octanol–water partition coefficient (Wildman–Crippen LogP) is 2.43. The van der Waals surface area contributed by atoms with E-state index in [9.17, 15) is 16.8 Å². The van der Waals surface area contributed by atoms with Gasteiger partial charge in [-0.25, -0.2) is 0 Å². The minimum atomic E-state index is -4.31. The van der Waals surface area contributed by atoms with Gasteiger partial charge in [0, 0.05) is 0 Å². The molecule has 0 amide bonds. The van der Waals surface area contributed by atoms with E-state index < -0.39 is 46.6 Å². The first-order valence-electron chi connectivity index (χ1n) is 9.74. The molecule has 0 saturated heterocycles. The van der Waals surface area contributed by atoms with E-state index in [0.29, 0.717) is 0 Å². The molecule has 7 nitrogen and oxygen atoms in total. The van der Waals surface area contributed by atoms with Crippen LogP contribution in [-0.2, 0) is 33.3 Å². The van der Waals surface area contributed by atoms with Gasteiger partial charge in [0.25, 0.3) is 20.2 Å². The van der Waals surface area contributed by atoms with Crippen molar-refractivity contribution in [1.29, 1.82) is 0 Å². The van der Waals surface area contributed by atoms with Gasteiger partial charge in [-0.2, -0.15) is 16.8 Å². The Balaban J connectivity index is 1.98. The first-order valence-corrected chi connectivity index (χ1v) is 10.6. The van der Waals surface area contributed by atoms with Crippen LogP contribution in [0.15, 0.2) is 58.3 Å². The Kier molecular flexibility index (Phi) is 5.66. The third-order valence-corrected chi connectivity index (χ3v) is 5.86. The molecule has 0 aliphatic heterocycles. The Morgan fingerprint density at radius 1 is 0.704 bits per heavy atom. The van der Waals surface area contributed by atoms with E-state index >= 15 is 0 Å². The van der Waals surface area contributed by atoms with Crippen LogP contribution in [0.2, 0.25) is 0 Å². The van der Waals surface area contributed by atoms with Crippen LogP contribution in [-0.4, -0.2) is 43.2 Å². The Hall–Kier alpha value is -1.78. The van der Waals surface area contributed by atoms with E-state index in [1.54, 1.807) is 13.8 Å². The fourth-order valence-corrected chi connectivity index (χ4v) is 3.48. The maximum atomic E-state index is 12.2. The lowest BCUT2D eigenvalue weighted by atomic mass is 10.2. The average Bonchev–Trinajstić information content (AvgIpc) is 2.65. The molecule has 0 aliphatic rings. The summed E-state index contributed by atoms with van der Waals surface area (Å²) in [6.45, 7) is -4.61. The summed E-state index contributed by atoms with van der Waals surface area (Å²) >= 11 is 0. The summed E-state index contributed by atoms with van der Waals surface area (Å²) in [4.78, 5) is -0.408. The van der Waals surface area contributed by atoms with Crippen LogP contribution in [0.5, 0.6) is 0 Å². The zero-order valence-corrected chi connectivity index (χ0v) is 16.3. The van der Waals surface area contributed by atoms with Gasteiger partial charge in [-0.15, -0.1) is 0 Å². The van der Waals surface area contributed by atoms with Gasteiger partial charge in [0.15, 0.2) is 0 Å². The van der Waals surface area contributed by atoms with E-state index in [2.05, 4.69) is 13.1 Å². The maximum absolute atomic E-state index is 12.2. The Bertz CT molecular complexity index is 1010. The highest BCUT2D eigenvalue weighted by atomic mass is 32.2. The Morgan fingerprint density at radius 2 is 1.04 bits per heavy atom. The highest BCUT2D eigenvalue weighted by molar-refractivity contribution is 7.87. The van der Waals surface area contributed by atoms with Crippen LogP contribution in [0.4, 0.5) is 0 Å². The molecule has 0 fully saturated rings. The lowest BCUT2D eigenvalue weighted by Gasteiger charge is -2.08. The summed E-state index contributed by atoms with van der Waals surface area (Å²) in [6.07, 6.45) is 0. The van der Waals surface area contributed by atoms with E-state index in [0.717, 1.165) is 11.1 Å². The SMILES string of the molecule is [2H]C([2H])(COS(=O)(=O)c1ccc(C)cc1)OC([2H])([2H])COS(=O)(=O)c1ccc(C)cc1. The molecule has 0 spiro atoms. The van der Waals surface area contributed by atoms with Crippen LogP contribution in [0, 0.1) is 13.8 Å². The number of benzene rings is 2. The fourth-order valence-electron chi connectivity index (χ4n) is 1.86. The molecule has 27 heavy (non-hydrogen) atoms. The highest BCUT2D eigenvalue weighted by Crippen LogP contribution is 2.14. The fraction of sp³-hybridized carbons (Fsp3) is 0.333. The average molecular weight is 419 g/mol. The van der Waals surface area contributed by atoms with Gasteiger partial charge in [-0.1, -0.05) is 35.4 Å². The van der Waals surface area contributed by atoms with E-state index in [-0.39, 0.29) is 9.79 Å². The van der Waals surface area contributed by atoms with E-state index in [4.69, 9.17) is 5.48 Å². The molecule has 0 saturated carbocycles. The third-order valence-electron chi connectivity index (χ3n) is 3.31. The topological polar surface area (TPSA) is 96.0 Å². The largest absolute Gasteiger partial charge is 0.377 e. The minimum absolute atomic E-state index is 0.204. The zero-order valence-electron chi connectivity index (χ0n) is 18.7. The molecule has 148 valence electrons. The highest BCUT2D eigenvalue weighted by Gasteiger charge is 2.15. The van der Waals surface area contributed by atoms with Gasteiger partial charge in [-0.05, 0) is 38.1 Å². The first-order chi connectivity index (χ1) is 14.1. The van der Waals surface area contributed by atoms with Crippen LogP contribution in [0.1, 0.15) is 16.6 Å². The molecule has 0 heterocycles. The molecule has 2 aromatic rings. The molecule has 0 aliphatic carbocycles. The van der Waals surface area contributed by atoms with Gasteiger partial charge in [0.2, 0.25) is 0 Å². The van der Waals surface area contributed by atoms with E-state index in [1.165, 1.54) is 48.5 Å². The quantitative estimate of drug-likeness (QED) is 0.547. The lowest BCUT2D eigenvalue weighted by Crippen LogP contribution is -2.15. The smallest absolute Gasteiger partial charge is 0.297 e. The maximum Gasteiger partial charge on any atom is 0.297 e. The summed E-state index contributed by atoms with van der Waals surface area (Å²) in [6, 6.07) is 11.3. The lowest BCUT2D eigenvalue weighted by molar-refractivity contribution is 0.0794. The second-order valence-corrected chi connectivity index (χ2v) is 8.68. The van der Waals surface area contributed by atoms with Gasteiger partial charge >= 0.3 is 0 Å². The number of hydrogen-bond donors (Lipinski definition) is 0. The summed E-state index contributed by atoms with van der Waals surface area (Å²) < 4.78 is 93.3. The van der Waals surface area contributed by atoms with Crippen LogP contribution >= 0.6 is 0 Å². The van der Waals surface area contributed by atoms with Gasteiger partial charge in [0.1, 0.15) is 0 Å². The van der Waals surface area contributed by atoms with Crippen molar-refractivity contribution in [1.82, 2.24) is 0 Å². The second-order valence-electron chi connectivity index (χ2n) is 5.45. The first kappa shape index (κ1) is 16.2. The van der Waals surface area contributed by atoms with Crippen molar-refractivity contribution in [3.63, 3.8) is 0 Å². The monoisotopic (exact) mass is 418 g/mol. The predicted molar refractivity (Wildman–Crippen MR) is 99.5 cm³/mol. The minimum Gasteiger partial charge on any atom is -0.377 e. The molecule has 0 aromatic heterocycles. The standard InChI is InChI=1S/C18H22O7S2/c1-15-3-7-17(8-4-15)26(19,20)24-13-11-23-12-14-25-27(21,22)18-9-5-16(2)6-10-18/h3-10H,11-14H2,1-2H3/i11D2,12D2. The Labute approximate surface area is 165 Å². The van der Waals surface area contributed by atoms with Gasteiger partial charge in [-0.3, -0.25) is 8.37 Å². The number of ether oxygens (including phenoxy) is 1.